The minimum Gasteiger partial charge on any atom is -0.508 e. The average molecular weight is 344 g/mol. The Morgan fingerprint density at radius 1 is 0.962 bits per heavy atom. The lowest BCUT2D eigenvalue weighted by Crippen LogP contribution is -2.39. The van der Waals surface area contributed by atoms with Gasteiger partial charge in [0.1, 0.15) is 5.75 Å². The van der Waals surface area contributed by atoms with E-state index in [1.807, 2.05) is 42.5 Å². The van der Waals surface area contributed by atoms with Gasteiger partial charge >= 0.3 is 0 Å². The van der Waals surface area contributed by atoms with E-state index in [9.17, 15) is 5.11 Å². The molecule has 0 saturated carbocycles. The zero-order valence-corrected chi connectivity index (χ0v) is 14.4. The SMILES string of the molecule is N#Cc1ccc([C@H](c2c(O)ccc3ccccc23)N2CCOCC2)cc1. The number of morpholine rings is 1. The first kappa shape index (κ1) is 16.6. The van der Waals surface area contributed by atoms with E-state index in [0.717, 1.165) is 35.0 Å². The second kappa shape index (κ2) is 7.17. The summed E-state index contributed by atoms with van der Waals surface area (Å²) in [6, 6.07) is 21.6. The number of benzene rings is 3. The molecule has 0 aliphatic carbocycles. The highest BCUT2D eigenvalue weighted by Crippen LogP contribution is 2.39. The Kier molecular flexibility index (Phi) is 4.57. The van der Waals surface area contributed by atoms with Crippen molar-refractivity contribution in [2.75, 3.05) is 26.3 Å². The molecule has 3 aromatic carbocycles. The Balaban J connectivity index is 1.90. The zero-order valence-electron chi connectivity index (χ0n) is 14.4. The summed E-state index contributed by atoms with van der Waals surface area (Å²) in [5.41, 5.74) is 2.61. The smallest absolute Gasteiger partial charge is 0.121 e. The predicted molar refractivity (Wildman–Crippen MR) is 101 cm³/mol. The normalized spacial score (nSPS) is 16.3. The fraction of sp³-hybridized carbons (Fsp3) is 0.227. The van der Waals surface area contributed by atoms with Crippen LogP contribution >= 0.6 is 0 Å². The molecule has 0 spiro atoms. The summed E-state index contributed by atoms with van der Waals surface area (Å²) >= 11 is 0. The largest absolute Gasteiger partial charge is 0.508 e. The van der Waals surface area contributed by atoms with E-state index < -0.39 is 0 Å². The zero-order chi connectivity index (χ0) is 17.9. The summed E-state index contributed by atoms with van der Waals surface area (Å²) < 4.78 is 5.53. The number of phenols is 1. The van der Waals surface area contributed by atoms with Crippen LogP contribution in [0.5, 0.6) is 5.75 Å². The van der Waals surface area contributed by atoms with Gasteiger partial charge in [0.15, 0.2) is 0 Å². The molecule has 3 aromatic rings. The highest BCUT2D eigenvalue weighted by molar-refractivity contribution is 5.88. The molecule has 1 saturated heterocycles. The van der Waals surface area contributed by atoms with Gasteiger partial charge in [-0.1, -0.05) is 42.5 Å². The van der Waals surface area contributed by atoms with Crippen molar-refractivity contribution >= 4 is 10.8 Å². The quantitative estimate of drug-likeness (QED) is 0.784. The molecule has 4 rings (SSSR count). The molecule has 1 atom stereocenters. The lowest BCUT2D eigenvalue weighted by atomic mass is 9.91. The van der Waals surface area contributed by atoms with Crippen LogP contribution in [0.25, 0.3) is 10.8 Å². The van der Waals surface area contributed by atoms with Crippen molar-refractivity contribution in [1.29, 1.82) is 5.26 Å². The van der Waals surface area contributed by atoms with Gasteiger partial charge in [-0.15, -0.1) is 0 Å². The lowest BCUT2D eigenvalue weighted by Gasteiger charge is -2.36. The number of hydrogen-bond donors (Lipinski definition) is 1. The van der Waals surface area contributed by atoms with E-state index in [2.05, 4.69) is 23.1 Å². The van der Waals surface area contributed by atoms with Crippen molar-refractivity contribution in [3.63, 3.8) is 0 Å². The number of ether oxygens (including phenoxy) is 1. The van der Waals surface area contributed by atoms with Gasteiger partial charge in [-0.2, -0.15) is 5.26 Å². The molecule has 0 radical (unpaired) electrons. The summed E-state index contributed by atoms with van der Waals surface area (Å²) in [5.74, 6) is 0.296. The lowest BCUT2D eigenvalue weighted by molar-refractivity contribution is 0.0238. The van der Waals surface area contributed by atoms with E-state index >= 15 is 0 Å². The van der Waals surface area contributed by atoms with Gasteiger partial charge in [0, 0.05) is 18.7 Å². The van der Waals surface area contributed by atoms with Crippen molar-refractivity contribution in [2.45, 2.75) is 6.04 Å². The van der Waals surface area contributed by atoms with Crippen molar-refractivity contribution < 1.29 is 9.84 Å². The molecule has 4 nitrogen and oxygen atoms in total. The fourth-order valence-corrected chi connectivity index (χ4v) is 3.71. The minimum atomic E-state index is -0.0854. The van der Waals surface area contributed by atoms with E-state index in [4.69, 9.17) is 10.00 Å². The van der Waals surface area contributed by atoms with Crippen molar-refractivity contribution in [2.24, 2.45) is 0 Å². The number of fused-ring (bicyclic) bond motifs is 1. The number of phenolic OH excluding ortho intramolecular Hbond substituents is 1. The Hall–Kier alpha value is -2.87. The van der Waals surface area contributed by atoms with E-state index in [-0.39, 0.29) is 6.04 Å². The van der Waals surface area contributed by atoms with Gasteiger partial charge in [-0.25, -0.2) is 0 Å². The Morgan fingerprint density at radius 2 is 1.69 bits per heavy atom. The van der Waals surface area contributed by atoms with Gasteiger partial charge in [-0.3, -0.25) is 4.90 Å². The molecule has 26 heavy (non-hydrogen) atoms. The molecular weight excluding hydrogens is 324 g/mol. The minimum absolute atomic E-state index is 0.0854. The van der Waals surface area contributed by atoms with Gasteiger partial charge in [0.2, 0.25) is 0 Å². The van der Waals surface area contributed by atoms with Gasteiger partial charge in [-0.05, 0) is 34.5 Å². The number of nitrogens with zero attached hydrogens (tertiary/aromatic N) is 2. The second-order valence-corrected chi connectivity index (χ2v) is 6.50. The van der Waals surface area contributed by atoms with Crippen molar-refractivity contribution in [1.82, 2.24) is 4.90 Å². The second-order valence-electron chi connectivity index (χ2n) is 6.50. The number of aromatic hydroxyl groups is 1. The molecule has 1 fully saturated rings. The molecule has 1 N–H and O–H groups in total. The first-order chi connectivity index (χ1) is 12.8. The summed E-state index contributed by atoms with van der Waals surface area (Å²) in [6.07, 6.45) is 0. The maximum absolute atomic E-state index is 10.8. The molecule has 0 bridgehead atoms. The van der Waals surface area contributed by atoms with Crippen LogP contribution in [0.3, 0.4) is 0 Å². The topological polar surface area (TPSA) is 56.5 Å². The number of nitriles is 1. The predicted octanol–water partition coefficient (Wildman–Crippen LogP) is 3.84. The third kappa shape index (κ3) is 3.03. The Labute approximate surface area is 152 Å². The van der Waals surface area contributed by atoms with E-state index in [1.54, 1.807) is 6.07 Å². The first-order valence-corrected chi connectivity index (χ1v) is 8.80. The molecule has 130 valence electrons. The highest BCUT2D eigenvalue weighted by Gasteiger charge is 2.28. The van der Waals surface area contributed by atoms with Crippen molar-refractivity contribution in [3.8, 4) is 11.8 Å². The summed E-state index contributed by atoms with van der Waals surface area (Å²) in [5, 5.41) is 22.0. The summed E-state index contributed by atoms with van der Waals surface area (Å²) in [4.78, 5) is 2.34. The first-order valence-electron chi connectivity index (χ1n) is 8.80. The van der Waals surface area contributed by atoms with Crippen LogP contribution in [0.4, 0.5) is 0 Å². The van der Waals surface area contributed by atoms with Gasteiger partial charge < -0.3 is 9.84 Å². The summed E-state index contributed by atoms with van der Waals surface area (Å²) in [6.45, 7) is 2.96. The fourth-order valence-electron chi connectivity index (χ4n) is 3.71. The molecular formula is C22H20N2O2. The number of hydrogen-bond acceptors (Lipinski definition) is 4. The van der Waals surface area contributed by atoms with Crippen LogP contribution in [-0.4, -0.2) is 36.3 Å². The molecule has 0 amide bonds. The van der Waals surface area contributed by atoms with E-state index in [0.29, 0.717) is 24.5 Å². The molecule has 1 heterocycles. The van der Waals surface area contributed by atoms with Crippen molar-refractivity contribution in [3.05, 3.63) is 77.4 Å². The maximum atomic E-state index is 10.8. The molecule has 4 heteroatoms. The summed E-state index contributed by atoms with van der Waals surface area (Å²) in [7, 11) is 0. The Morgan fingerprint density at radius 3 is 2.42 bits per heavy atom. The molecule has 1 aliphatic heterocycles. The average Bonchev–Trinajstić information content (AvgIpc) is 2.71. The van der Waals surface area contributed by atoms with E-state index in [1.165, 1.54) is 0 Å². The van der Waals surface area contributed by atoms with Gasteiger partial charge in [0.05, 0.1) is 30.9 Å². The van der Waals surface area contributed by atoms with Crippen LogP contribution in [0, 0.1) is 11.3 Å². The van der Waals surface area contributed by atoms with Crippen LogP contribution in [0.15, 0.2) is 60.7 Å². The molecule has 0 unspecified atom stereocenters. The third-order valence-corrected chi connectivity index (χ3v) is 4.99. The standard InChI is InChI=1S/C22H20N2O2/c23-15-16-5-7-18(8-6-16)22(24-11-13-26-14-12-24)21-19-4-2-1-3-17(19)9-10-20(21)25/h1-10,22,25H,11-14H2/t22-/m1/s1. The monoisotopic (exact) mass is 344 g/mol. The third-order valence-electron chi connectivity index (χ3n) is 4.99. The number of rotatable bonds is 3. The van der Waals surface area contributed by atoms with Crippen LogP contribution in [0.2, 0.25) is 0 Å². The van der Waals surface area contributed by atoms with Crippen LogP contribution < -0.4 is 0 Å². The van der Waals surface area contributed by atoms with Crippen LogP contribution in [0.1, 0.15) is 22.7 Å². The maximum Gasteiger partial charge on any atom is 0.121 e. The molecule has 1 aliphatic rings. The van der Waals surface area contributed by atoms with Gasteiger partial charge in [0.25, 0.3) is 0 Å². The Bertz CT molecular complexity index is 954. The highest BCUT2D eigenvalue weighted by atomic mass is 16.5. The van der Waals surface area contributed by atoms with Crippen LogP contribution in [-0.2, 0) is 4.74 Å². The molecule has 0 aromatic heterocycles.